The minimum Gasteiger partial charge on any atom is -0.465 e. The molecule has 2 fully saturated rings. The van der Waals surface area contributed by atoms with Gasteiger partial charge in [0.15, 0.2) is 5.79 Å². The van der Waals surface area contributed by atoms with Crippen molar-refractivity contribution in [1.29, 1.82) is 0 Å². The van der Waals surface area contributed by atoms with Crippen LogP contribution < -0.4 is 0 Å². The van der Waals surface area contributed by atoms with Crippen molar-refractivity contribution in [2.24, 2.45) is 11.3 Å². The van der Waals surface area contributed by atoms with E-state index in [1.807, 2.05) is 0 Å². The number of hydrogen-bond donors (Lipinski definition) is 0. The number of rotatable bonds is 3. The molecule has 0 aromatic heterocycles. The first kappa shape index (κ1) is 13.7. The van der Waals surface area contributed by atoms with Gasteiger partial charge in [0.05, 0.1) is 24.0 Å². The first-order chi connectivity index (χ1) is 8.10. The second-order valence-electron chi connectivity index (χ2n) is 5.67. The molecule has 1 saturated heterocycles. The summed E-state index contributed by atoms with van der Waals surface area (Å²) >= 11 is 0. The lowest BCUT2D eigenvalue weighted by Crippen LogP contribution is -2.25. The highest BCUT2D eigenvalue weighted by atomic mass is 19.3. The van der Waals surface area contributed by atoms with Crippen LogP contribution in [0.4, 0.5) is 8.78 Å². The average Bonchev–Trinajstić information content (AvgIpc) is 2.51. The first-order valence-corrected chi connectivity index (χ1v) is 5.93. The molecule has 6 heteroatoms. The van der Waals surface area contributed by atoms with Gasteiger partial charge in [0.2, 0.25) is 0 Å². The standard InChI is InChI=1S/C12H18F2O4/c1-7(15)16-6-11(4)9(12(11,13)14)8-5-17-10(2,3)18-8/h8-9H,5-6H2,1-4H3/t8-,9+,11+/m1/s1. The Morgan fingerprint density at radius 1 is 1.39 bits per heavy atom. The molecule has 2 aliphatic rings. The van der Waals surface area contributed by atoms with Crippen molar-refractivity contribution >= 4 is 5.97 Å². The maximum Gasteiger partial charge on any atom is 0.302 e. The maximum atomic E-state index is 13.9. The summed E-state index contributed by atoms with van der Waals surface area (Å²) in [6.07, 6.45) is -0.657. The van der Waals surface area contributed by atoms with Gasteiger partial charge in [0, 0.05) is 6.92 Å². The molecule has 1 saturated carbocycles. The van der Waals surface area contributed by atoms with E-state index in [1.165, 1.54) is 13.8 Å². The van der Waals surface area contributed by atoms with Gasteiger partial charge in [-0.15, -0.1) is 0 Å². The quantitative estimate of drug-likeness (QED) is 0.731. The molecule has 104 valence electrons. The highest BCUT2D eigenvalue weighted by Crippen LogP contribution is 2.68. The summed E-state index contributed by atoms with van der Waals surface area (Å²) < 4.78 is 43.2. The highest BCUT2D eigenvalue weighted by molar-refractivity contribution is 5.66. The normalized spacial score (nSPS) is 40.6. The van der Waals surface area contributed by atoms with Crippen LogP contribution in [0.15, 0.2) is 0 Å². The minimum atomic E-state index is -2.89. The van der Waals surface area contributed by atoms with Crippen LogP contribution in [0.3, 0.4) is 0 Å². The lowest BCUT2D eigenvalue weighted by atomic mass is 10.0. The summed E-state index contributed by atoms with van der Waals surface area (Å²) in [6.45, 7) is 5.85. The highest BCUT2D eigenvalue weighted by Gasteiger charge is 2.81. The molecule has 0 aromatic carbocycles. The molecule has 0 bridgehead atoms. The Bertz CT molecular complexity index is 369. The van der Waals surface area contributed by atoms with Crippen molar-refractivity contribution in [3.05, 3.63) is 0 Å². The largest absolute Gasteiger partial charge is 0.465 e. The molecule has 0 unspecified atom stereocenters. The molecular formula is C12H18F2O4. The number of carbonyl (C=O) groups excluding carboxylic acids is 1. The van der Waals surface area contributed by atoms with Gasteiger partial charge in [-0.05, 0) is 20.8 Å². The lowest BCUT2D eigenvalue weighted by molar-refractivity contribution is -0.146. The molecule has 0 amide bonds. The fraction of sp³-hybridized carbons (Fsp3) is 0.917. The zero-order chi connectivity index (χ0) is 13.8. The van der Waals surface area contributed by atoms with E-state index < -0.39 is 35.1 Å². The molecule has 18 heavy (non-hydrogen) atoms. The number of ether oxygens (including phenoxy) is 3. The van der Waals surface area contributed by atoms with Crippen molar-refractivity contribution < 1.29 is 27.8 Å². The molecule has 0 N–H and O–H groups in total. The van der Waals surface area contributed by atoms with Crippen molar-refractivity contribution in [3.8, 4) is 0 Å². The van der Waals surface area contributed by atoms with Crippen LogP contribution in [-0.4, -0.2) is 37.0 Å². The van der Waals surface area contributed by atoms with Gasteiger partial charge >= 0.3 is 5.97 Å². The van der Waals surface area contributed by atoms with Crippen molar-refractivity contribution in [2.75, 3.05) is 13.2 Å². The van der Waals surface area contributed by atoms with Gasteiger partial charge in [-0.3, -0.25) is 4.79 Å². The summed E-state index contributed by atoms with van der Waals surface area (Å²) in [5, 5.41) is 0. The van der Waals surface area contributed by atoms with Crippen molar-refractivity contribution in [2.45, 2.75) is 45.5 Å². The molecule has 1 heterocycles. The summed E-state index contributed by atoms with van der Waals surface area (Å²) in [7, 11) is 0. The zero-order valence-corrected chi connectivity index (χ0v) is 11.0. The van der Waals surface area contributed by atoms with Crippen LogP contribution in [0.1, 0.15) is 27.7 Å². The van der Waals surface area contributed by atoms with E-state index >= 15 is 0 Å². The van der Waals surface area contributed by atoms with Gasteiger partial charge in [-0.2, -0.15) is 0 Å². The molecular weight excluding hydrogens is 246 g/mol. The van der Waals surface area contributed by atoms with Crippen LogP contribution in [0.2, 0.25) is 0 Å². The van der Waals surface area contributed by atoms with Crippen LogP contribution in [0.5, 0.6) is 0 Å². The third kappa shape index (κ3) is 2.01. The number of hydrogen-bond acceptors (Lipinski definition) is 4. The van der Waals surface area contributed by atoms with Crippen LogP contribution in [-0.2, 0) is 19.0 Å². The van der Waals surface area contributed by atoms with E-state index in [-0.39, 0.29) is 13.2 Å². The number of carbonyl (C=O) groups is 1. The van der Waals surface area contributed by atoms with E-state index in [1.54, 1.807) is 13.8 Å². The summed E-state index contributed by atoms with van der Waals surface area (Å²) in [5.41, 5.74) is -1.35. The average molecular weight is 264 g/mol. The van der Waals surface area contributed by atoms with Crippen LogP contribution >= 0.6 is 0 Å². The molecule has 0 radical (unpaired) electrons. The zero-order valence-electron chi connectivity index (χ0n) is 11.0. The molecule has 1 aliphatic carbocycles. The summed E-state index contributed by atoms with van der Waals surface area (Å²) in [6, 6.07) is 0. The maximum absolute atomic E-state index is 13.9. The summed E-state index contributed by atoms with van der Waals surface area (Å²) in [5.74, 6) is -5.24. The van der Waals surface area contributed by atoms with E-state index in [4.69, 9.17) is 14.2 Å². The van der Waals surface area contributed by atoms with Crippen LogP contribution in [0, 0.1) is 11.3 Å². The van der Waals surface area contributed by atoms with Gasteiger partial charge in [0.1, 0.15) is 6.61 Å². The lowest BCUT2D eigenvalue weighted by Gasteiger charge is -2.17. The first-order valence-electron chi connectivity index (χ1n) is 5.93. The van der Waals surface area contributed by atoms with Crippen LogP contribution in [0.25, 0.3) is 0 Å². The number of esters is 1. The van der Waals surface area contributed by atoms with E-state index in [0.29, 0.717) is 0 Å². The molecule has 2 rings (SSSR count). The molecule has 3 atom stereocenters. The third-order valence-corrected chi connectivity index (χ3v) is 3.73. The van der Waals surface area contributed by atoms with Gasteiger partial charge < -0.3 is 14.2 Å². The molecule has 0 spiro atoms. The fourth-order valence-corrected chi connectivity index (χ4v) is 2.58. The van der Waals surface area contributed by atoms with Gasteiger partial charge in [-0.25, -0.2) is 8.78 Å². The number of halogens is 2. The Morgan fingerprint density at radius 3 is 2.44 bits per heavy atom. The molecule has 4 nitrogen and oxygen atoms in total. The third-order valence-electron chi connectivity index (χ3n) is 3.73. The smallest absolute Gasteiger partial charge is 0.302 e. The Labute approximate surface area is 105 Å². The Balaban J connectivity index is 2.04. The second kappa shape index (κ2) is 3.87. The summed E-state index contributed by atoms with van der Waals surface area (Å²) in [4.78, 5) is 10.7. The monoisotopic (exact) mass is 264 g/mol. The van der Waals surface area contributed by atoms with E-state index in [2.05, 4.69) is 0 Å². The predicted octanol–water partition coefficient (Wildman–Crippen LogP) is 1.97. The predicted molar refractivity (Wildman–Crippen MR) is 58.1 cm³/mol. The Kier molecular flexibility index (Phi) is 2.94. The fourth-order valence-electron chi connectivity index (χ4n) is 2.58. The Hall–Kier alpha value is -0.750. The SMILES string of the molecule is CC(=O)OC[C@@]1(C)[C@H]([C@H]2COC(C)(C)O2)C1(F)F. The minimum absolute atomic E-state index is 0.142. The molecule has 0 aromatic rings. The van der Waals surface area contributed by atoms with E-state index in [0.717, 1.165) is 0 Å². The molecule has 1 aliphatic heterocycles. The van der Waals surface area contributed by atoms with E-state index in [9.17, 15) is 13.6 Å². The number of alkyl halides is 2. The second-order valence-corrected chi connectivity index (χ2v) is 5.67. The van der Waals surface area contributed by atoms with Crippen molar-refractivity contribution in [3.63, 3.8) is 0 Å². The Morgan fingerprint density at radius 2 is 2.00 bits per heavy atom. The van der Waals surface area contributed by atoms with Gasteiger partial charge in [0.25, 0.3) is 5.92 Å². The van der Waals surface area contributed by atoms with Gasteiger partial charge in [-0.1, -0.05) is 0 Å². The topological polar surface area (TPSA) is 44.8 Å². The van der Waals surface area contributed by atoms with Crippen molar-refractivity contribution in [1.82, 2.24) is 0 Å².